The lowest BCUT2D eigenvalue weighted by Crippen LogP contribution is -2.44. The second kappa shape index (κ2) is 3.68. The van der Waals surface area contributed by atoms with Crippen molar-refractivity contribution in [3.05, 3.63) is 0 Å². The van der Waals surface area contributed by atoms with Crippen molar-refractivity contribution in [1.29, 1.82) is 0 Å². The molecule has 0 rings (SSSR count). The van der Waals surface area contributed by atoms with Gasteiger partial charge in [0, 0.05) is 0 Å². The zero-order chi connectivity index (χ0) is 6.62. The van der Waals surface area contributed by atoms with Crippen molar-refractivity contribution in [3.63, 3.8) is 0 Å². The molecule has 0 radical (unpaired) electrons. The molecule has 0 atom stereocenters. The van der Waals surface area contributed by atoms with Gasteiger partial charge < -0.3 is 17.1 Å². The molecule has 0 saturated heterocycles. The van der Waals surface area contributed by atoms with Crippen molar-refractivity contribution in [3.8, 4) is 0 Å². The Kier molecular flexibility index (Phi) is 4.01. The van der Waals surface area contributed by atoms with Crippen LogP contribution in [-0.2, 0) is 12.3 Å². The first-order chi connectivity index (χ1) is 3.68. The maximum Gasteiger partial charge on any atom is 0.643 e. The van der Waals surface area contributed by atoms with Gasteiger partial charge in [0.1, 0.15) is 31.5 Å². The second-order valence-corrected chi connectivity index (χ2v) is 7.08. The molecule has 0 aliphatic heterocycles. The summed E-state index contributed by atoms with van der Waals surface area (Å²) < 4.78 is 14.1. The van der Waals surface area contributed by atoms with Crippen LogP contribution in [0, 0.1) is 0 Å². The van der Waals surface area contributed by atoms with E-state index in [1.54, 1.807) is 0 Å². The summed E-state index contributed by atoms with van der Waals surface area (Å²) in [5.74, 6) is 0. The molecular formula is H10O4Si4. The average molecular weight is 186 g/mol. The highest BCUT2D eigenvalue weighted by Crippen LogP contribution is 1.95. The molecule has 8 heteroatoms. The van der Waals surface area contributed by atoms with Crippen LogP contribution in [0.15, 0.2) is 0 Å². The quantitative estimate of drug-likeness (QED) is 0.450. The predicted molar refractivity (Wildman–Crippen MR) is 41.0 cm³/mol. The fraction of sp³-hybridized carbons (Fsp3) is 0. The van der Waals surface area contributed by atoms with Crippen LogP contribution in [0.4, 0.5) is 0 Å². The molecule has 0 saturated carbocycles. The lowest BCUT2D eigenvalue weighted by Gasteiger charge is -2.17. The predicted octanol–water partition coefficient (Wildman–Crippen LogP) is -4.69. The van der Waals surface area contributed by atoms with Crippen LogP contribution in [-0.4, -0.2) is 45.3 Å². The molecule has 0 aliphatic rings. The van der Waals surface area contributed by atoms with Crippen LogP contribution >= 0.6 is 0 Å². The minimum absolute atomic E-state index is 0.472. The summed E-state index contributed by atoms with van der Waals surface area (Å²) in [6.07, 6.45) is 0. The minimum Gasteiger partial charge on any atom is -0.404 e. The Hall–Kier alpha value is 0.708. The van der Waals surface area contributed by atoms with E-state index in [0.29, 0.717) is 31.5 Å². The van der Waals surface area contributed by atoms with E-state index in [9.17, 15) is 0 Å². The van der Waals surface area contributed by atoms with Crippen LogP contribution in [0.1, 0.15) is 0 Å². The van der Waals surface area contributed by atoms with E-state index in [-0.39, 0.29) is 0 Å². The van der Waals surface area contributed by atoms with Crippen molar-refractivity contribution in [2.75, 3.05) is 0 Å². The van der Waals surface area contributed by atoms with Crippen molar-refractivity contribution >= 4 is 40.5 Å². The van der Waals surface area contributed by atoms with Gasteiger partial charge in [-0.15, -0.1) is 0 Å². The van der Waals surface area contributed by atoms with Gasteiger partial charge in [0.15, 0.2) is 0 Å². The maximum absolute atomic E-state index is 9.01. The zero-order valence-corrected chi connectivity index (χ0v) is 12.2. The third-order valence-corrected chi connectivity index (χ3v) is 6.96. The summed E-state index contributed by atoms with van der Waals surface area (Å²) in [5.41, 5.74) is 0. The summed E-state index contributed by atoms with van der Waals surface area (Å²) >= 11 is 0. The fourth-order valence-electron chi connectivity index (χ4n) is 0.250. The summed E-state index contributed by atoms with van der Waals surface area (Å²) in [7, 11) is -1.57. The van der Waals surface area contributed by atoms with E-state index in [0.717, 1.165) is 0 Å². The van der Waals surface area contributed by atoms with Gasteiger partial charge in [-0.2, -0.15) is 0 Å². The molecule has 0 bridgehead atoms. The Labute approximate surface area is 58.3 Å². The van der Waals surface area contributed by atoms with Gasteiger partial charge in [0.25, 0.3) is 0 Å². The van der Waals surface area contributed by atoms with E-state index in [1.165, 1.54) is 0 Å². The maximum atomic E-state index is 9.01. The Bertz CT molecular complexity index is 50.8. The molecule has 0 amide bonds. The summed E-state index contributed by atoms with van der Waals surface area (Å²) in [6, 6.07) is 0. The van der Waals surface area contributed by atoms with Crippen molar-refractivity contribution in [1.82, 2.24) is 0 Å². The van der Waals surface area contributed by atoms with E-state index >= 15 is 0 Å². The molecule has 0 aliphatic carbocycles. The highest BCUT2D eigenvalue weighted by atomic mass is 28.5. The standard InChI is InChI=1S/H10O4Si4/c1-8(2-5,3-6)4-7/h1H,5-7H3. The van der Waals surface area contributed by atoms with Crippen LogP contribution in [0.5, 0.6) is 0 Å². The molecule has 8 heavy (non-hydrogen) atoms. The first-order valence-electron chi connectivity index (χ1n) is 2.06. The minimum atomic E-state index is -2.99. The highest BCUT2D eigenvalue weighted by molar-refractivity contribution is 6.62. The van der Waals surface area contributed by atoms with Crippen molar-refractivity contribution in [2.45, 2.75) is 0 Å². The Morgan fingerprint density at radius 2 is 1.25 bits per heavy atom. The van der Waals surface area contributed by atoms with Crippen molar-refractivity contribution in [2.24, 2.45) is 0 Å². The van der Waals surface area contributed by atoms with Crippen molar-refractivity contribution < 1.29 is 17.1 Å². The molecule has 0 aromatic carbocycles. The Morgan fingerprint density at radius 3 is 1.25 bits per heavy atom. The van der Waals surface area contributed by atoms with Crippen LogP contribution in [0.3, 0.4) is 0 Å². The molecule has 0 aromatic heterocycles. The molecule has 1 N–H and O–H groups in total. The van der Waals surface area contributed by atoms with Gasteiger partial charge in [0.05, 0.1) is 0 Å². The topological polar surface area (TPSA) is 47.9 Å². The molecule has 0 unspecified atom stereocenters. The first kappa shape index (κ1) is 8.71. The Morgan fingerprint density at radius 1 is 1.00 bits per heavy atom. The smallest absolute Gasteiger partial charge is 0.404 e. The lowest BCUT2D eigenvalue weighted by molar-refractivity contribution is 0.170. The Balaban J connectivity index is 3.58. The van der Waals surface area contributed by atoms with Gasteiger partial charge in [-0.1, -0.05) is 0 Å². The normalized spacial score (nSPS) is 19.1. The zero-order valence-electron chi connectivity index (χ0n) is 5.17. The van der Waals surface area contributed by atoms with Gasteiger partial charge in [-0.05, 0) is 0 Å². The molecule has 0 heterocycles. The third-order valence-electron chi connectivity index (χ3n) is 0.774. The van der Waals surface area contributed by atoms with E-state index < -0.39 is 9.05 Å². The van der Waals surface area contributed by atoms with E-state index in [4.69, 9.17) is 17.1 Å². The first-order valence-corrected chi connectivity index (χ1v) is 6.18. The number of hydrogen-bond acceptors (Lipinski definition) is 4. The molecule has 0 fully saturated rings. The van der Waals surface area contributed by atoms with Gasteiger partial charge in [-0.3, -0.25) is 0 Å². The summed E-state index contributed by atoms with van der Waals surface area (Å²) in [6.45, 7) is 0. The van der Waals surface area contributed by atoms with E-state index in [2.05, 4.69) is 0 Å². The SMILES string of the molecule is O[Si](O[SiH3])(O[SiH3])O[SiH3]. The molecule has 4 nitrogen and oxygen atoms in total. The fourth-order valence-corrected chi connectivity index (χ4v) is 6.75. The number of rotatable bonds is 3. The van der Waals surface area contributed by atoms with Crippen LogP contribution in [0.25, 0.3) is 0 Å². The van der Waals surface area contributed by atoms with Crippen LogP contribution in [0.2, 0.25) is 0 Å². The average Bonchev–Trinajstić information content (AvgIpc) is 1.87. The molecular weight excluding hydrogens is 176 g/mol. The van der Waals surface area contributed by atoms with Crippen LogP contribution < -0.4 is 0 Å². The highest BCUT2D eigenvalue weighted by Gasteiger charge is 2.33. The third kappa shape index (κ3) is 2.32. The molecule has 50 valence electrons. The van der Waals surface area contributed by atoms with Gasteiger partial charge in [0.2, 0.25) is 0 Å². The molecule has 0 aromatic rings. The van der Waals surface area contributed by atoms with Gasteiger partial charge >= 0.3 is 9.05 Å². The summed E-state index contributed by atoms with van der Waals surface area (Å²) in [4.78, 5) is 9.01. The second-order valence-electron chi connectivity index (χ2n) is 1.14. The lowest BCUT2D eigenvalue weighted by atomic mass is 15.6. The van der Waals surface area contributed by atoms with E-state index in [1.807, 2.05) is 0 Å². The monoisotopic (exact) mass is 186 g/mol. The summed E-state index contributed by atoms with van der Waals surface area (Å²) in [5, 5.41) is 0. The van der Waals surface area contributed by atoms with Gasteiger partial charge in [-0.25, -0.2) is 0 Å². The molecule has 0 spiro atoms. The number of hydrogen-bond donors (Lipinski definition) is 1. The largest absolute Gasteiger partial charge is 0.643 e.